The lowest BCUT2D eigenvalue weighted by atomic mass is 10.1. The predicted molar refractivity (Wildman–Crippen MR) is 70.9 cm³/mol. The quantitative estimate of drug-likeness (QED) is 0.782. The maximum absolute atomic E-state index is 13.3. The minimum Gasteiger partial charge on any atom is -0.355 e. The van der Waals surface area contributed by atoms with Crippen LogP contribution in [0.4, 0.5) is 28.9 Å². The fourth-order valence-corrected chi connectivity index (χ4v) is 1.82. The van der Waals surface area contributed by atoms with E-state index in [0.717, 1.165) is 24.3 Å². The number of nitrogens with one attached hydrogen (secondary N) is 1. The molecule has 2 rings (SSSR count). The highest BCUT2D eigenvalue weighted by molar-refractivity contribution is 6.30. The van der Waals surface area contributed by atoms with Crippen molar-refractivity contribution in [2.75, 3.05) is 5.32 Å². The summed E-state index contributed by atoms with van der Waals surface area (Å²) in [6, 6.07) is 8.39. The van der Waals surface area contributed by atoms with E-state index >= 15 is 0 Å². The molecule has 0 aliphatic heterocycles. The number of halogens is 5. The molecule has 2 aromatic carbocycles. The molecule has 0 aliphatic carbocycles. The average molecular weight is 315 g/mol. The number of anilines is 2. The van der Waals surface area contributed by atoms with Crippen LogP contribution in [0.25, 0.3) is 0 Å². The van der Waals surface area contributed by atoms with Gasteiger partial charge in [-0.2, -0.15) is 18.4 Å². The maximum Gasteiger partial charge on any atom is 0.417 e. The lowest BCUT2D eigenvalue weighted by Gasteiger charge is -2.12. The van der Waals surface area contributed by atoms with Crippen molar-refractivity contribution in [3.8, 4) is 6.07 Å². The van der Waals surface area contributed by atoms with Gasteiger partial charge in [0.1, 0.15) is 5.82 Å². The van der Waals surface area contributed by atoms with Crippen molar-refractivity contribution in [3.05, 3.63) is 58.4 Å². The van der Waals surface area contributed by atoms with Crippen molar-refractivity contribution in [1.29, 1.82) is 5.26 Å². The third-order valence-electron chi connectivity index (χ3n) is 2.65. The average Bonchev–Trinajstić information content (AvgIpc) is 2.41. The summed E-state index contributed by atoms with van der Waals surface area (Å²) in [6.45, 7) is 0. The molecule has 0 saturated heterocycles. The summed E-state index contributed by atoms with van der Waals surface area (Å²) in [7, 11) is 0. The Kier molecular flexibility index (Phi) is 4.05. The predicted octanol–water partition coefficient (Wildman–Crippen LogP) is 5.11. The lowest BCUT2D eigenvalue weighted by molar-refractivity contribution is -0.137. The Morgan fingerprint density at radius 1 is 1.05 bits per heavy atom. The molecule has 0 radical (unpaired) electrons. The molecule has 0 aliphatic rings. The number of hydrogen-bond acceptors (Lipinski definition) is 2. The summed E-state index contributed by atoms with van der Waals surface area (Å²) < 4.78 is 51.2. The van der Waals surface area contributed by atoms with Gasteiger partial charge in [-0.25, -0.2) is 4.39 Å². The molecule has 0 aromatic heterocycles. The van der Waals surface area contributed by atoms with Gasteiger partial charge in [-0.3, -0.25) is 0 Å². The van der Waals surface area contributed by atoms with Crippen molar-refractivity contribution in [2.24, 2.45) is 0 Å². The van der Waals surface area contributed by atoms with Gasteiger partial charge in [-0.15, -0.1) is 0 Å². The zero-order valence-corrected chi connectivity index (χ0v) is 11.1. The molecule has 0 amide bonds. The van der Waals surface area contributed by atoms with Gasteiger partial charge in [0.25, 0.3) is 0 Å². The van der Waals surface area contributed by atoms with Crippen LogP contribution < -0.4 is 5.32 Å². The summed E-state index contributed by atoms with van der Waals surface area (Å²) in [6.07, 6.45) is -4.60. The summed E-state index contributed by atoms with van der Waals surface area (Å²) in [5.74, 6) is -0.658. The van der Waals surface area contributed by atoms with E-state index in [4.69, 9.17) is 16.9 Å². The molecule has 0 saturated carbocycles. The molecule has 2 aromatic rings. The second-order valence-electron chi connectivity index (χ2n) is 4.12. The van der Waals surface area contributed by atoms with Gasteiger partial charge in [-0.1, -0.05) is 11.6 Å². The first-order chi connectivity index (χ1) is 9.81. The molecule has 0 heterocycles. The molecular formula is C14H7ClF4N2. The standard InChI is InChI=1S/C14H7ClF4N2/c15-12-4-2-10(6-13(12)16)21-9-1-3-11(14(17,18)19)8(5-9)7-20/h1-6,21H. The zero-order chi connectivity index (χ0) is 15.6. The molecule has 0 fully saturated rings. The molecule has 0 atom stereocenters. The number of nitriles is 1. The van der Waals surface area contributed by atoms with E-state index in [1.165, 1.54) is 18.2 Å². The second kappa shape index (κ2) is 5.62. The third-order valence-corrected chi connectivity index (χ3v) is 2.96. The van der Waals surface area contributed by atoms with Crippen LogP contribution in [0.15, 0.2) is 36.4 Å². The highest BCUT2D eigenvalue weighted by atomic mass is 35.5. The highest BCUT2D eigenvalue weighted by Crippen LogP contribution is 2.33. The van der Waals surface area contributed by atoms with Gasteiger partial charge < -0.3 is 5.32 Å². The summed E-state index contributed by atoms with van der Waals surface area (Å²) in [5, 5.41) is 11.4. The van der Waals surface area contributed by atoms with E-state index in [2.05, 4.69) is 5.32 Å². The maximum atomic E-state index is 13.3. The van der Waals surface area contributed by atoms with Crippen LogP contribution in [-0.2, 0) is 6.18 Å². The van der Waals surface area contributed by atoms with Gasteiger partial charge in [0.05, 0.1) is 22.2 Å². The van der Waals surface area contributed by atoms with Crippen LogP contribution in [-0.4, -0.2) is 0 Å². The van der Waals surface area contributed by atoms with Crippen LogP contribution in [0, 0.1) is 17.1 Å². The first kappa shape index (κ1) is 15.1. The monoisotopic (exact) mass is 314 g/mol. The topological polar surface area (TPSA) is 35.8 Å². The molecule has 21 heavy (non-hydrogen) atoms. The van der Waals surface area contributed by atoms with E-state index < -0.39 is 23.1 Å². The van der Waals surface area contributed by atoms with Gasteiger partial charge in [0.15, 0.2) is 0 Å². The third kappa shape index (κ3) is 3.44. The number of hydrogen-bond donors (Lipinski definition) is 1. The Hall–Kier alpha value is -2.26. The molecule has 108 valence electrons. The van der Waals surface area contributed by atoms with Crippen LogP contribution in [0.2, 0.25) is 5.02 Å². The lowest BCUT2D eigenvalue weighted by Crippen LogP contribution is -2.08. The fraction of sp³-hybridized carbons (Fsp3) is 0.0714. The number of benzene rings is 2. The fourth-order valence-electron chi connectivity index (χ4n) is 1.70. The Labute approximate surface area is 122 Å². The Morgan fingerprint density at radius 3 is 2.24 bits per heavy atom. The zero-order valence-electron chi connectivity index (χ0n) is 10.3. The molecule has 1 N–H and O–H groups in total. The SMILES string of the molecule is N#Cc1cc(Nc2ccc(Cl)c(F)c2)ccc1C(F)(F)F. The van der Waals surface area contributed by atoms with Crippen molar-refractivity contribution in [1.82, 2.24) is 0 Å². The van der Waals surface area contributed by atoms with Crippen molar-refractivity contribution in [2.45, 2.75) is 6.18 Å². The largest absolute Gasteiger partial charge is 0.417 e. The summed E-state index contributed by atoms with van der Waals surface area (Å²) in [4.78, 5) is 0. The van der Waals surface area contributed by atoms with Crippen LogP contribution >= 0.6 is 11.6 Å². The normalized spacial score (nSPS) is 11.0. The Bertz CT molecular complexity index is 720. The molecule has 0 spiro atoms. The van der Waals surface area contributed by atoms with Gasteiger partial charge in [0, 0.05) is 11.4 Å². The number of alkyl halides is 3. The van der Waals surface area contributed by atoms with E-state index in [1.807, 2.05) is 0 Å². The van der Waals surface area contributed by atoms with E-state index in [-0.39, 0.29) is 10.7 Å². The van der Waals surface area contributed by atoms with E-state index in [0.29, 0.717) is 5.69 Å². The van der Waals surface area contributed by atoms with Gasteiger partial charge in [0.2, 0.25) is 0 Å². The first-order valence-electron chi connectivity index (χ1n) is 5.64. The Balaban J connectivity index is 2.34. The van der Waals surface area contributed by atoms with Crippen LogP contribution in [0.5, 0.6) is 0 Å². The molecule has 2 nitrogen and oxygen atoms in total. The molecule has 7 heteroatoms. The second-order valence-corrected chi connectivity index (χ2v) is 4.53. The first-order valence-corrected chi connectivity index (χ1v) is 6.02. The molecule has 0 bridgehead atoms. The summed E-state index contributed by atoms with van der Waals surface area (Å²) >= 11 is 5.53. The van der Waals surface area contributed by atoms with Crippen LogP contribution in [0.1, 0.15) is 11.1 Å². The molecular weight excluding hydrogens is 308 g/mol. The van der Waals surface area contributed by atoms with Crippen molar-refractivity contribution < 1.29 is 17.6 Å². The highest BCUT2D eigenvalue weighted by Gasteiger charge is 2.33. The number of rotatable bonds is 2. The van der Waals surface area contributed by atoms with Gasteiger partial charge in [-0.05, 0) is 36.4 Å². The van der Waals surface area contributed by atoms with Crippen molar-refractivity contribution >= 4 is 23.0 Å². The minimum atomic E-state index is -4.60. The number of nitrogens with zero attached hydrogens (tertiary/aromatic N) is 1. The van der Waals surface area contributed by atoms with E-state index in [9.17, 15) is 17.6 Å². The van der Waals surface area contributed by atoms with Crippen LogP contribution in [0.3, 0.4) is 0 Å². The summed E-state index contributed by atoms with van der Waals surface area (Å²) in [5.41, 5.74) is -0.985. The van der Waals surface area contributed by atoms with E-state index in [1.54, 1.807) is 0 Å². The van der Waals surface area contributed by atoms with Crippen molar-refractivity contribution in [3.63, 3.8) is 0 Å². The smallest absolute Gasteiger partial charge is 0.355 e. The minimum absolute atomic E-state index is 0.0642. The van der Waals surface area contributed by atoms with Gasteiger partial charge >= 0.3 is 6.18 Å². The molecule has 0 unspecified atom stereocenters. The Morgan fingerprint density at radius 2 is 1.67 bits per heavy atom.